The summed E-state index contributed by atoms with van der Waals surface area (Å²) >= 11 is 17.5. The molecule has 0 aliphatic rings. The van der Waals surface area contributed by atoms with Crippen LogP contribution in [0.5, 0.6) is 0 Å². The Bertz CT molecular complexity index is 436. The molecule has 0 unspecified atom stereocenters. The van der Waals surface area contributed by atoms with Crippen LogP contribution in [0.2, 0.25) is 15.2 Å². The smallest absolute Gasteiger partial charge is 0.241 e. The number of rotatable bonds is 5. The number of hydrogen-bond acceptors (Lipinski definition) is 3. The van der Waals surface area contributed by atoms with Crippen molar-refractivity contribution in [2.75, 3.05) is 25.0 Å². The molecule has 1 amide bonds. The highest BCUT2D eigenvalue weighted by Crippen LogP contribution is 2.28. The molecule has 4 nitrogen and oxygen atoms in total. The molecule has 0 aromatic carbocycles. The molecular formula is C11H14Cl3N3O. The van der Waals surface area contributed by atoms with Crippen molar-refractivity contribution >= 4 is 46.5 Å². The van der Waals surface area contributed by atoms with Crippen LogP contribution in [0.4, 0.5) is 5.82 Å². The van der Waals surface area contributed by atoms with E-state index in [2.05, 4.69) is 10.3 Å². The highest BCUT2D eigenvalue weighted by Gasteiger charge is 2.12. The van der Waals surface area contributed by atoms with Gasteiger partial charge in [-0.1, -0.05) is 34.8 Å². The largest absolute Gasteiger partial charge is 0.360 e. The first-order chi connectivity index (χ1) is 8.49. The molecule has 0 spiro atoms. The van der Waals surface area contributed by atoms with Gasteiger partial charge in [-0.15, -0.1) is 0 Å². The molecule has 1 rings (SSSR count). The molecule has 0 saturated carbocycles. The molecule has 1 aromatic heterocycles. The Hall–Kier alpha value is -0.710. The summed E-state index contributed by atoms with van der Waals surface area (Å²) in [6.45, 7) is 5.29. The Kier molecular flexibility index (Phi) is 5.99. The van der Waals surface area contributed by atoms with E-state index in [0.717, 1.165) is 0 Å². The van der Waals surface area contributed by atoms with Crippen LogP contribution in [-0.2, 0) is 4.79 Å². The second kappa shape index (κ2) is 7.02. The first-order valence-corrected chi connectivity index (χ1v) is 6.66. The van der Waals surface area contributed by atoms with Crippen LogP contribution in [0.15, 0.2) is 6.07 Å². The van der Waals surface area contributed by atoms with E-state index in [0.29, 0.717) is 23.9 Å². The van der Waals surface area contributed by atoms with Gasteiger partial charge in [-0.25, -0.2) is 4.98 Å². The number of likely N-dealkylation sites (N-methyl/N-ethyl adjacent to an activating group) is 1. The fraction of sp³-hybridized carbons (Fsp3) is 0.455. The zero-order valence-corrected chi connectivity index (χ0v) is 12.4. The van der Waals surface area contributed by atoms with Gasteiger partial charge in [0.05, 0.1) is 16.6 Å². The van der Waals surface area contributed by atoms with Crippen LogP contribution in [-0.4, -0.2) is 35.4 Å². The maximum absolute atomic E-state index is 11.8. The zero-order valence-electron chi connectivity index (χ0n) is 10.1. The van der Waals surface area contributed by atoms with Crippen LogP contribution in [0, 0.1) is 0 Å². The van der Waals surface area contributed by atoms with E-state index < -0.39 is 0 Å². The van der Waals surface area contributed by atoms with Crippen LogP contribution in [0.25, 0.3) is 0 Å². The van der Waals surface area contributed by atoms with Gasteiger partial charge in [0.2, 0.25) is 5.91 Å². The lowest BCUT2D eigenvalue weighted by Gasteiger charge is -2.19. The summed E-state index contributed by atoms with van der Waals surface area (Å²) in [6, 6.07) is 1.49. The summed E-state index contributed by atoms with van der Waals surface area (Å²) in [7, 11) is 0. The van der Waals surface area contributed by atoms with Crippen molar-refractivity contribution in [2.45, 2.75) is 13.8 Å². The normalized spacial score (nSPS) is 10.3. The lowest BCUT2D eigenvalue weighted by Crippen LogP contribution is -2.35. The van der Waals surface area contributed by atoms with E-state index in [1.54, 1.807) is 4.90 Å². The van der Waals surface area contributed by atoms with Gasteiger partial charge in [0.15, 0.2) is 0 Å². The molecule has 1 heterocycles. The molecule has 0 fully saturated rings. The number of anilines is 1. The molecule has 0 aliphatic heterocycles. The number of carbonyl (C=O) groups is 1. The number of carbonyl (C=O) groups excluding carboxylic acids is 1. The van der Waals surface area contributed by atoms with Crippen molar-refractivity contribution in [3.8, 4) is 0 Å². The second-order valence-electron chi connectivity index (χ2n) is 3.51. The Morgan fingerprint density at radius 1 is 1.28 bits per heavy atom. The van der Waals surface area contributed by atoms with Crippen LogP contribution < -0.4 is 5.32 Å². The molecule has 0 saturated heterocycles. The summed E-state index contributed by atoms with van der Waals surface area (Å²) in [5, 5.41) is 3.61. The van der Waals surface area contributed by atoms with E-state index in [1.807, 2.05) is 13.8 Å². The van der Waals surface area contributed by atoms with Crippen molar-refractivity contribution in [3.05, 3.63) is 21.3 Å². The first-order valence-electron chi connectivity index (χ1n) is 5.52. The van der Waals surface area contributed by atoms with Gasteiger partial charge >= 0.3 is 0 Å². The molecular weight excluding hydrogens is 296 g/mol. The molecule has 0 aliphatic carbocycles. The average Bonchev–Trinajstić information content (AvgIpc) is 2.33. The third-order valence-corrected chi connectivity index (χ3v) is 3.37. The van der Waals surface area contributed by atoms with Gasteiger partial charge in [0.25, 0.3) is 0 Å². The number of nitrogens with one attached hydrogen (secondary N) is 1. The third kappa shape index (κ3) is 3.90. The predicted molar refractivity (Wildman–Crippen MR) is 75.7 cm³/mol. The van der Waals surface area contributed by atoms with Gasteiger partial charge in [-0.05, 0) is 19.9 Å². The minimum Gasteiger partial charge on any atom is -0.360 e. The van der Waals surface area contributed by atoms with Crippen molar-refractivity contribution in [2.24, 2.45) is 0 Å². The lowest BCUT2D eigenvalue weighted by atomic mass is 10.4. The Labute approximate surface area is 121 Å². The van der Waals surface area contributed by atoms with Crippen molar-refractivity contribution in [3.63, 3.8) is 0 Å². The SMILES string of the molecule is CCN(CC)C(=O)CNc1nc(Cl)c(Cl)cc1Cl. The fourth-order valence-electron chi connectivity index (χ4n) is 1.42. The van der Waals surface area contributed by atoms with E-state index in [1.165, 1.54) is 6.07 Å². The summed E-state index contributed by atoms with van der Waals surface area (Å²) in [5.74, 6) is 0.329. The number of hydrogen-bond donors (Lipinski definition) is 1. The van der Waals surface area contributed by atoms with E-state index in [-0.39, 0.29) is 22.6 Å². The third-order valence-electron chi connectivity index (χ3n) is 2.41. The number of halogens is 3. The van der Waals surface area contributed by atoms with Gasteiger partial charge in [0, 0.05) is 13.1 Å². The number of nitrogens with zero attached hydrogens (tertiary/aromatic N) is 2. The molecule has 100 valence electrons. The number of aromatic nitrogens is 1. The second-order valence-corrected chi connectivity index (χ2v) is 4.68. The van der Waals surface area contributed by atoms with E-state index >= 15 is 0 Å². The summed E-state index contributed by atoms with van der Waals surface area (Å²) < 4.78 is 0. The minimum absolute atomic E-state index is 0.0241. The van der Waals surface area contributed by atoms with Gasteiger partial charge in [0.1, 0.15) is 11.0 Å². The van der Waals surface area contributed by atoms with Gasteiger partial charge in [-0.3, -0.25) is 4.79 Å². The van der Waals surface area contributed by atoms with Crippen LogP contribution in [0.1, 0.15) is 13.8 Å². The molecule has 18 heavy (non-hydrogen) atoms. The minimum atomic E-state index is -0.0241. The standard InChI is InChI=1S/C11H14Cl3N3O/c1-3-17(4-2)9(18)6-15-11-8(13)5-7(12)10(14)16-11/h5H,3-4,6H2,1-2H3,(H,15,16). The Morgan fingerprint density at radius 2 is 1.89 bits per heavy atom. The summed E-state index contributed by atoms with van der Waals surface area (Å²) in [4.78, 5) is 17.5. The summed E-state index contributed by atoms with van der Waals surface area (Å²) in [6.07, 6.45) is 0. The van der Waals surface area contributed by atoms with Crippen molar-refractivity contribution in [1.82, 2.24) is 9.88 Å². The fourth-order valence-corrected chi connectivity index (χ4v) is 1.98. The monoisotopic (exact) mass is 309 g/mol. The van der Waals surface area contributed by atoms with Crippen LogP contribution >= 0.6 is 34.8 Å². The molecule has 0 atom stereocenters. The quantitative estimate of drug-likeness (QED) is 0.849. The first kappa shape index (κ1) is 15.3. The summed E-state index contributed by atoms with van der Waals surface area (Å²) in [5.41, 5.74) is 0. The molecule has 0 bridgehead atoms. The highest BCUT2D eigenvalue weighted by atomic mass is 35.5. The van der Waals surface area contributed by atoms with Crippen molar-refractivity contribution < 1.29 is 4.79 Å². The molecule has 7 heteroatoms. The maximum Gasteiger partial charge on any atom is 0.241 e. The highest BCUT2D eigenvalue weighted by molar-refractivity contribution is 6.42. The molecule has 0 radical (unpaired) electrons. The number of pyridine rings is 1. The van der Waals surface area contributed by atoms with Gasteiger partial charge < -0.3 is 10.2 Å². The van der Waals surface area contributed by atoms with Crippen molar-refractivity contribution in [1.29, 1.82) is 0 Å². The number of amides is 1. The average molecular weight is 311 g/mol. The van der Waals surface area contributed by atoms with E-state index in [9.17, 15) is 4.79 Å². The Balaban J connectivity index is 2.69. The zero-order chi connectivity index (χ0) is 13.7. The lowest BCUT2D eigenvalue weighted by molar-refractivity contribution is -0.128. The molecule has 1 N–H and O–H groups in total. The molecule has 1 aromatic rings. The predicted octanol–water partition coefficient (Wildman–Crippen LogP) is 3.32. The van der Waals surface area contributed by atoms with Gasteiger partial charge in [-0.2, -0.15) is 0 Å². The van der Waals surface area contributed by atoms with Crippen LogP contribution in [0.3, 0.4) is 0 Å². The Morgan fingerprint density at radius 3 is 2.44 bits per heavy atom. The maximum atomic E-state index is 11.8. The van der Waals surface area contributed by atoms with E-state index in [4.69, 9.17) is 34.8 Å². The topological polar surface area (TPSA) is 45.2 Å².